The molecule has 0 spiro atoms. The third kappa shape index (κ3) is 5.69. The highest BCUT2D eigenvalue weighted by atomic mass is 19.4. The Morgan fingerprint density at radius 2 is 1.94 bits per heavy atom. The van der Waals surface area contributed by atoms with Gasteiger partial charge < -0.3 is 24.5 Å². The number of ether oxygens (including phenoxy) is 2. The van der Waals surface area contributed by atoms with Gasteiger partial charge in [-0.15, -0.1) is 0 Å². The second kappa shape index (κ2) is 9.59. The first-order valence-corrected chi connectivity index (χ1v) is 9.76. The zero-order valence-electron chi connectivity index (χ0n) is 18.2. The Hall–Kier alpha value is -2.75. The second-order valence-electron chi connectivity index (χ2n) is 7.80. The molecule has 1 aromatic carbocycles. The molecule has 10 heteroatoms. The number of rotatable bonds is 9. The Labute approximate surface area is 179 Å². The molecule has 2 unspecified atom stereocenters. The number of carbonyl (C=O) groups is 1. The zero-order valence-corrected chi connectivity index (χ0v) is 18.2. The number of amides is 1. The first-order valence-electron chi connectivity index (χ1n) is 9.76. The molecule has 0 saturated heterocycles. The van der Waals surface area contributed by atoms with Crippen molar-refractivity contribution < 1.29 is 32.5 Å². The van der Waals surface area contributed by atoms with Crippen LogP contribution >= 0.6 is 0 Å². The van der Waals surface area contributed by atoms with Crippen molar-refractivity contribution in [2.24, 2.45) is 13.0 Å². The number of benzene rings is 1. The van der Waals surface area contributed by atoms with Crippen LogP contribution in [-0.4, -0.2) is 40.5 Å². The number of aryl methyl sites for hydroxylation is 1. The van der Waals surface area contributed by atoms with Crippen LogP contribution in [0.25, 0.3) is 0 Å². The number of halogens is 3. The van der Waals surface area contributed by atoms with Crippen molar-refractivity contribution in [2.75, 3.05) is 13.7 Å². The molecule has 0 fully saturated rings. The first kappa shape index (κ1) is 24.5. The van der Waals surface area contributed by atoms with Crippen LogP contribution in [0.2, 0.25) is 0 Å². The molecule has 7 nitrogen and oxygen atoms in total. The van der Waals surface area contributed by atoms with E-state index >= 15 is 0 Å². The fraction of sp³-hybridized carbons (Fsp3) is 0.524. The van der Waals surface area contributed by atoms with Crippen molar-refractivity contribution in [1.82, 2.24) is 14.9 Å². The number of alkyl halides is 3. The molecule has 0 aliphatic rings. The first-order chi connectivity index (χ1) is 14.4. The Bertz CT molecular complexity index is 898. The predicted molar refractivity (Wildman–Crippen MR) is 108 cm³/mol. The highest BCUT2D eigenvalue weighted by molar-refractivity contribution is 5.77. The molecule has 2 N–H and O–H groups in total. The lowest BCUT2D eigenvalue weighted by atomic mass is 9.96. The average molecular weight is 443 g/mol. The molecule has 0 radical (unpaired) electrons. The number of aromatic nitrogens is 2. The predicted octanol–water partition coefficient (Wildman–Crippen LogP) is 3.48. The maximum Gasteiger partial charge on any atom is 0.425 e. The summed E-state index contributed by atoms with van der Waals surface area (Å²) in [6, 6.07) is 4.38. The fourth-order valence-corrected chi connectivity index (χ4v) is 3.01. The Morgan fingerprint density at radius 3 is 2.45 bits per heavy atom. The molecule has 172 valence electrons. The zero-order chi connectivity index (χ0) is 23.4. The summed E-state index contributed by atoms with van der Waals surface area (Å²) in [4.78, 5) is 16.0. The van der Waals surface area contributed by atoms with Gasteiger partial charge in [-0.25, -0.2) is 4.98 Å². The van der Waals surface area contributed by atoms with E-state index in [1.54, 1.807) is 25.1 Å². The maximum atomic E-state index is 13.6. The minimum atomic E-state index is -5.09. The van der Waals surface area contributed by atoms with Crippen LogP contribution in [-0.2, 0) is 17.4 Å². The smallest absolute Gasteiger partial charge is 0.425 e. The van der Waals surface area contributed by atoms with Gasteiger partial charge in [-0.3, -0.25) is 4.79 Å². The van der Waals surface area contributed by atoms with Gasteiger partial charge in [0.2, 0.25) is 11.5 Å². The van der Waals surface area contributed by atoms with Crippen molar-refractivity contribution in [3.8, 4) is 11.5 Å². The topological polar surface area (TPSA) is 85.6 Å². The number of nitrogens with zero attached hydrogens (tertiary/aromatic N) is 2. The monoisotopic (exact) mass is 443 g/mol. The number of nitrogens with one attached hydrogen (secondary N) is 1. The van der Waals surface area contributed by atoms with Crippen molar-refractivity contribution >= 4 is 5.91 Å². The van der Waals surface area contributed by atoms with Gasteiger partial charge >= 0.3 is 6.18 Å². The molecule has 0 saturated carbocycles. The van der Waals surface area contributed by atoms with Gasteiger partial charge in [-0.1, -0.05) is 19.9 Å². The van der Waals surface area contributed by atoms with Gasteiger partial charge in [0.05, 0.1) is 26.2 Å². The third-order valence-electron chi connectivity index (χ3n) is 4.71. The molecular formula is C21H28F3N3O4. The van der Waals surface area contributed by atoms with Crippen molar-refractivity contribution in [3.63, 3.8) is 0 Å². The molecule has 2 rings (SSSR count). The Morgan fingerprint density at radius 1 is 1.26 bits per heavy atom. The lowest BCUT2D eigenvalue weighted by molar-refractivity contribution is -0.271. The minimum Gasteiger partial charge on any atom is -0.493 e. The molecule has 1 aromatic heterocycles. The number of hydrogen-bond donors (Lipinski definition) is 2. The molecule has 0 aliphatic heterocycles. The quantitative estimate of drug-likeness (QED) is 0.620. The van der Waals surface area contributed by atoms with E-state index in [-0.39, 0.29) is 0 Å². The van der Waals surface area contributed by atoms with Gasteiger partial charge in [0, 0.05) is 19.4 Å². The number of aliphatic hydroxyl groups is 1. The highest BCUT2D eigenvalue weighted by Crippen LogP contribution is 2.41. The number of imidazole rings is 1. The van der Waals surface area contributed by atoms with Crippen LogP contribution in [0.5, 0.6) is 11.5 Å². The Balaban J connectivity index is 2.16. The summed E-state index contributed by atoms with van der Waals surface area (Å²) in [5.41, 5.74) is -2.81. The van der Waals surface area contributed by atoms with Gasteiger partial charge in [-0.05, 0) is 30.5 Å². The number of carbonyl (C=O) groups excluding carboxylic acids is 1. The molecule has 0 aliphatic carbocycles. The van der Waals surface area contributed by atoms with E-state index in [0.29, 0.717) is 29.6 Å². The summed E-state index contributed by atoms with van der Waals surface area (Å²) >= 11 is 0. The maximum absolute atomic E-state index is 13.6. The summed E-state index contributed by atoms with van der Waals surface area (Å²) in [5, 5.41) is 12.9. The van der Waals surface area contributed by atoms with Gasteiger partial charge in [0.25, 0.3) is 0 Å². The molecule has 0 bridgehead atoms. The Kier molecular flexibility index (Phi) is 7.58. The molecular weight excluding hydrogens is 415 g/mol. The van der Waals surface area contributed by atoms with Crippen molar-refractivity contribution in [2.45, 2.75) is 45.0 Å². The van der Waals surface area contributed by atoms with Gasteiger partial charge in [-0.2, -0.15) is 13.2 Å². The normalized spacial score (nSPS) is 14.8. The van der Waals surface area contributed by atoms with Crippen LogP contribution in [0, 0.1) is 5.92 Å². The van der Waals surface area contributed by atoms with Crippen molar-refractivity contribution in [3.05, 3.63) is 42.0 Å². The summed E-state index contributed by atoms with van der Waals surface area (Å²) in [6.07, 6.45) is -3.92. The number of hydrogen-bond acceptors (Lipinski definition) is 5. The summed E-state index contributed by atoms with van der Waals surface area (Å²) in [5.74, 6) is -0.349. The van der Waals surface area contributed by atoms with E-state index in [0.717, 1.165) is 10.8 Å². The lowest BCUT2D eigenvalue weighted by Crippen LogP contribution is -2.48. The van der Waals surface area contributed by atoms with Crippen LogP contribution in [0.15, 0.2) is 30.6 Å². The van der Waals surface area contributed by atoms with Crippen LogP contribution < -0.4 is 14.8 Å². The van der Waals surface area contributed by atoms with E-state index < -0.39 is 36.0 Å². The van der Waals surface area contributed by atoms with E-state index in [1.165, 1.54) is 20.4 Å². The number of methoxy groups -OCH3 is 1. The molecule has 2 atom stereocenters. The highest BCUT2D eigenvalue weighted by Gasteiger charge is 2.58. The van der Waals surface area contributed by atoms with Crippen LogP contribution in [0.3, 0.4) is 0 Å². The van der Waals surface area contributed by atoms with Gasteiger partial charge in [0.15, 0.2) is 17.3 Å². The van der Waals surface area contributed by atoms with E-state index in [1.807, 2.05) is 13.8 Å². The summed E-state index contributed by atoms with van der Waals surface area (Å²) < 4.78 is 52.9. The average Bonchev–Trinajstić information content (AvgIpc) is 3.11. The minimum absolute atomic E-state index is 0.314. The van der Waals surface area contributed by atoms with Gasteiger partial charge in [0.1, 0.15) is 0 Å². The van der Waals surface area contributed by atoms with E-state index in [4.69, 9.17) is 9.47 Å². The fourth-order valence-electron chi connectivity index (χ4n) is 3.01. The van der Waals surface area contributed by atoms with Crippen LogP contribution in [0.1, 0.15) is 44.6 Å². The van der Waals surface area contributed by atoms with E-state index in [9.17, 15) is 23.1 Å². The summed E-state index contributed by atoms with van der Waals surface area (Å²) in [6.45, 7) is 6.12. The van der Waals surface area contributed by atoms with E-state index in [2.05, 4.69) is 10.3 Å². The standard InChI is InChI=1S/C21H28F3N3O4/c1-13(2)12-31-16-7-6-15(10-17(16)30-5)14(3)26-18(28)11-20(29,21(22,23)24)19-25-8-9-27(19)4/h6-10,13-14,29H,11-12H2,1-5H3,(H,26,28). The SMILES string of the molecule is COc1cc(C(C)NC(=O)CC(O)(c2nccn2C)C(F)(F)F)ccc1OCC(C)C. The molecule has 31 heavy (non-hydrogen) atoms. The lowest BCUT2D eigenvalue weighted by Gasteiger charge is -2.30. The summed E-state index contributed by atoms with van der Waals surface area (Å²) in [7, 11) is 2.79. The molecule has 1 heterocycles. The largest absolute Gasteiger partial charge is 0.493 e. The second-order valence-corrected chi connectivity index (χ2v) is 7.80. The van der Waals surface area contributed by atoms with Crippen molar-refractivity contribution in [1.29, 1.82) is 0 Å². The molecule has 2 aromatic rings. The molecule has 1 amide bonds. The van der Waals surface area contributed by atoms with Crippen LogP contribution in [0.4, 0.5) is 13.2 Å². The third-order valence-corrected chi connectivity index (χ3v) is 4.71.